The number of aromatic nitrogens is 1. The van der Waals surface area contributed by atoms with E-state index in [0.29, 0.717) is 19.6 Å². The molecule has 3 aromatic rings. The van der Waals surface area contributed by atoms with Crippen LogP contribution in [-0.2, 0) is 23.2 Å². The summed E-state index contributed by atoms with van der Waals surface area (Å²) in [4.78, 5) is 12.2. The first-order chi connectivity index (χ1) is 13.3. The van der Waals surface area contributed by atoms with Gasteiger partial charge in [-0.2, -0.15) is 0 Å². The third-order valence-electron chi connectivity index (χ3n) is 4.74. The zero-order valence-electron chi connectivity index (χ0n) is 16.6. The molecule has 0 aliphatic heterocycles. The second-order valence-electron chi connectivity index (χ2n) is 7.86. The van der Waals surface area contributed by atoms with Crippen molar-refractivity contribution in [1.82, 2.24) is 4.57 Å². The van der Waals surface area contributed by atoms with Gasteiger partial charge in [-0.05, 0) is 53.1 Å². The Kier molecular flexibility index (Phi) is 6.25. The number of thiophene rings is 1. The maximum Gasteiger partial charge on any atom is 0.303 e. The highest BCUT2D eigenvalue weighted by Crippen LogP contribution is 2.28. The highest BCUT2D eigenvalue weighted by molar-refractivity contribution is 7.13. The summed E-state index contributed by atoms with van der Waals surface area (Å²) in [5.41, 5.74) is 3.54. The standard InChI is InChI=1S/C23H27NO3S/c1-23(2,3)17-6-10-19(11-7-17)27-15-14-24-18(9-13-22(25)26)8-12-20(24)21-5-4-16-28-21/h4-8,10-12,16H,9,13-15H2,1-3H3,(H,25,26). The maximum absolute atomic E-state index is 11.0. The highest BCUT2D eigenvalue weighted by atomic mass is 32.1. The molecule has 0 saturated heterocycles. The van der Waals surface area contributed by atoms with Crippen LogP contribution in [0.15, 0.2) is 53.9 Å². The molecule has 5 heteroatoms. The first-order valence-electron chi connectivity index (χ1n) is 9.52. The van der Waals surface area contributed by atoms with Gasteiger partial charge >= 0.3 is 5.97 Å². The zero-order valence-corrected chi connectivity index (χ0v) is 17.5. The Labute approximate surface area is 170 Å². The smallest absolute Gasteiger partial charge is 0.303 e. The van der Waals surface area contributed by atoms with Crippen molar-refractivity contribution < 1.29 is 14.6 Å². The van der Waals surface area contributed by atoms with Gasteiger partial charge in [0.2, 0.25) is 0 Å². The zero-order chi connectivity index (χ0) is 20.1. The van der Waals surface area contributed by atoms with Gasteiger partial charge in [0.15, 0.2) is 0 Å². The van der Waals surface area contributed by atoms with Crippen LogP contribution in [-0.4, -0.2) is 22.2 Å². The molecule has 0 aliphatic rings. The summed E-state index contributed by atoms with van der Waals surface area (Å²) < 4.78 is 8.15. The Morgan fingerprint density at radius 2 is 1.86 bits per heavy atom. The van der Waals surface area contributed by atoms with Crippen molar-refractivity contribution in [3.63, 3.8) is 0 Å². The van der Waals surface area contributed by atoms with Crippen LogP contribution in [0.25, 0.3) is 10.6 Å². The SMILES string of the molecule is CC(C)(C)c1ccc(OCCn2c(CCC(=O)O)ccc2-c2cccs2)cc1. The van der Waals surface area contributed by atoms with Crippen LogP contribution in [0, 0.1) is 0 Å². The minimum atomic E-state index is -0.777. The molecule has 1 N–H and O–H groups in total. The van der Waals surface area contributed by atoms with Crippen LogP contribution in [0.3, 0.4) is 0 Å². The number of benzene rings is 1. The van der Waals surface area contributed by atoms with Crippen LogP contribution in [0.4, 0.5) is 0 Å². The number of ether oxygens (including phenoxy) is 1. The molecule has 0 aliphatic carbocycles. The average Bonchev–Trinajstić information content (AvgIpc) is 3.29. The summed E-state index contributed by atoms with van der Waals surface area (Å²) in [5.74, 6) is 0.0746. The quantitative estimate of drug-likeness (QED) is 0.537. The van der Waals surface area contributed by atoms with Crippen LogP contribution in [0.5, 0.6) is 5.75 Å². The molecular formula is C23H27NO3S. The number of aliphatic carboxylic acids is 1. The van der Waals surface area contributed by atoms with Gasteiger partial charge in [-0.3, -0.25) is 4.79 Å². The van der Waals surface area contributed by atoms with Crippen molar-refractivity contribution in [2.75, 3.05) is 6.61 Å². The molecule has 0 unspecified atom stereocenters. The number of nitrogens with zero attached hydrogens (tertiary/aromatic N) is 1. The predicted octanol–water partition coefficient (Wildman–Crippen LogP) is 5.61. The highest BCUT2D eigenvalue weighted by Gasteiger charge is 2.14. The fraction of sp³-hybridized carbons (Fsp3) is 0.348. The van der Waals surface area contributed by atoms with Crippen LogP contribution in [0.1, 0.15) is 38.4 Å². The van der Waals surface area contributed by atoms with E-state index in [1.807, 2.05) is 24.3 Å². The Morgan fingerprint density at radius 1 is 1.11 bits per heavy atom. The molecule has 0 fully saturated rings. The Hall–Kier alpha value is -2.53. The second-order valence-corrected chi connectivity index (χ2v) is 8.80. The Morgan fingerprint density at radius 3 is 2.46 bits per heavy atom. The lowest BCUT2D eigenvalue weighted by Crippen LogP contribution is -2.13. The minimum absolute atomic E-state index is 0.123. The number of carboxylic acid groups (broad SMARTS) is 1. The van der Waals surface area contributed by atoms with E-state index >= 15 is 0 Å². The Balaban J connectivity index is 1.70. The minimum Gasteiger partial charge on any atom is -0.492 e. The normalized spacial score (nSPS) is 11.5. The molecule has 2 heterocycles. The number of carboxylic acids is 1. The number of hydrogen-bond donors (Lipinski definition) is 1. The summed E-state index contributed by atoms with van der Waals surface area (Å²) in [5, 5.41) is 11.1. The van der Waals surface area contributed by atoms with Crippen LogP contribution < -0.4 is 4.74 Å². The summed E-state index contributed by atoms with van der Waals surface area (Å²) >= 11 is 1.68. The largest absolute Gasteiger partial charge is 0.492 e. The number of hydrogen-bond acceptors (Lipinski definition) is 3. The lowest BCUT2D eigenvalue weighted by atomic mass is 9.87. The van der Waals surface area contributed by atoms with Gasteiger partial charge in [0.05, 0.1) is 23.5 Å². The number of carbonyl (C=O) groups is 1. The van der Waals surface area contributed by atoms with Crippen molar-refractivity contribution >= 4 is 17.3 Å². The van der Waals surface area contributed by atoms with E-state index in [9.17, 15) is 4.79 Å². The van der Waals surface area contributed by atoms with Crippen molar-refractivity contribution in [2.24, 2.45) is 0 Å². The van der Waals surface area contributed by atoms with E-state index in [-0.39, 0.29) is 11.8 Å². The van der Waals surface area contributed by atoms with Gasteiger partial charge in [-0.25, -0.2) is 0 Å². The van der Waals surface area contributed by atoms with Crippen molar-refractivity contribution in [1.29, 1.82) is 0 Å². The van der Waals surface area contributed by atoms with Crippen LogP contribution >= 0.6 is 11.3 Å². The van der Waals surface area contributed by atoms with E-state index < -0.39 is 5.97 Å². The van der Waals surface area contributed by atoms with E-state index in [1.54, 1.807) is 11.3 Å². The fourth-order valence-electron chi connectivity index (χ4n) is 3.17. The summed E-state index contributed by atoms with van der Waals surface area (Å²) in [6.07, 6.45) is 0.643. The third kappa shape index (κ3) is 5.04. The van der Waals surface area contributed by atoms with Crippen molar-refractivity contribution in [2.45, 2.75) is 45.6 Å². The molecule has 0 atom stereocenters. The lowest BCUT2D eigenvalue weighted by Gasteiger charge is -2.19. The maximum atomic E-state index is 11.0. The Bertz CT molecular complexity index is 902. The summed E-state index contributed by atoms with van der Waals surface area (Å²) in [6.45, 7) is 7.79. The molecule has 0 amide bonds. The van der Waals surface area contributed by atoms with E-state index in [2.05, 4.69) is 55.0 Å². The van der Waals surface area contributed by atoms with E-state index in [0.717, 1.165) is 17.1 Å². The molecule has 0 spiro atoms. The molecule has 2 aromatic heterocycles. The number of aryl methyl sites for hydroxylation is 1. The molecule has 4 nitrogen and oxygen atoms in total. The van der Waals surface area contributed by atoms with E-state index in [4.69, 9.17) is 9.84 Å². The van der Waals surface area contributed by atoms with Gasteiger partial charge in [0.1, 0.15) is 12.4 Å². The average molecular weight is 398 g/mol. The molecule has 0 saturated carbocycles. The van der Waals surface area contributed by atoms with Crippen molar-refractivity contribution in [3.05, 3.63) is 65.2 Å². The second kappa shape index (κ2) is 8.65. The van der Waals surface area contributed by atoms with Gasteiger partial charge in [-0.15, -0.1) is 11.3 Å². The molecule has 0 bridgehead atoms. The first-order valence-corrected chi connectivity index (χ1v) is 10.4. The topological polar surface area (TPSA) is 51.5 Å². The van der Waals surface area contributed by atoms with Gasteiger partial charge < -0.3 is 14.4 Å². The summed E-state index contributed by atoms with van der Waals surface area (Å²) in [6, 6.07) is 16.5. The first kappa shape index (κ1) is 20.2. The third-order valence-corrected chi connectivity index (χ3v) is 5.64. The molecule has 1 aromatic carbocycles. The van der Waals surface area contributed by atoms with Crippen molar-refractivity contribution in [3.8, 4) is 16.3 Å². The fourth-order valence-corrected chi connectivity index (χ4v) is 3.93. The molecule has 28 heavy (non-hydrogen) atoms. The van der Waals surface area contributed by atoms with Gasteiger partial charge in [0.25, 0.3) is 0 Å². The number of rotatable bonds is 8. The molecular weight excluding hydrogens is 370 g/mol. The molecule has 3 rings (SSSR count). The monoisotopic (exact) mass is 397 g/mol. The van der Waals surface area contributed by atoms with Gasteiger partial charge in [-0.1, -0.05) is 39.0 Å². The lowest BCUT2D eigenvalue weighted by molar-refractivity contribution is -0.136. The van der Waals surface area contributed by atoms with E-state index in [1.165, 1.54) is 10.4 Å². The summed E-state index contributed by atoms with van der Waals surface area (Å²) in [7, 11) is 0. The predicted molar refractivity (Wildman–Crippen MR) is 114 cm³/mol. The van der Waals surface area contributed by atoms with Crippen LogP contribution in [0.2, 0.25) is 0 Å². The molecule has 0 radical (unpaired) electrons. The molecule has 148 valence electrons. The van der Waals surface area contributed by atoms with Gasteiger partial charge in [0, 0.05) is 5.69 Å².